The summed E-state index contributed by atoms with van der Waals surface area (Å²) in [5.74, 6) is -1.22. The van der Waals surface area contributed by atoms with Crippen molar-refractivity contribution < 1.29 is 31.5 Å². The lowest BCUT2D eigenvalue weighted by atomic mass is 10.1. The first-order chi connectivity index (χ1) is 11.6. The van der Waals surface area contributed by atoms with Gasteiger partial charge in [-0.25, -0.2) is 8.42 Å². The topological polar surface area (TPSA) is 86.3 Å². The van der Waals surface area contributed by atoms with E-state index in [0.717, 1.165) is 12.1 Å². The molecule has 0 bridgehead atoms. The largest absolute Gasteiger partial charge is 0.550 e. The van der Waals surface area contributed by atoms with Gasteiger partial charge < -0.3 is 9.90 Å². The molecule has 0 atom stereocenters. The van der Waals surface area contributed by atoms with Crippen LogP contribution in [0.3, 0.4) is 0 Å². The summed E-state index contributed by atoms with van der Waals surface area (Å²) in [5, 5.41) is 10.4. The highest BCUT2D eigenvalue weighted by molar-refractivity contribution is 7.92. The fourth-order valence-electron chi connectivity index (χ4n) is 2.05. The number of aliphatic carboxylic acids is 1. The zero-order valence-corrected chi connectivity index (χ0v) is 13.5. The van der Waals surface area contributed by atoms with Crippen LogP contribution in [-0.2, 0) is 27.4 Å². The zero-order valence-electron chi connectivity index (χ0n) is 12.7. The maximum atomic E-state index is 12.7. The van der Waals surface area contributed by atoms with Crippen LogP contribution in [-0.4, -0.2) is 14.4 Å². The highest BCUT2D eigenvalue weighted by Gasteiger charge is 2.30. The molecule has 25 heavy (non-hydrogen) atoms. The summed E-state index contributed by atoms with van der Waals surface area (Å²) in [4.78, 5) is 10.3. The van der Waals surface area contributed by atoms with E-state index in [2.05, 4.69) is 4.72 Å². The number of rotatable bonds is 6. The maximum Gasteiger partial charge on any atom is 0.416 e. The van der Waals surface area contributed by atoms with Crippen molar-refractivity contribution in [1.82, 2.24) is 0 Å². The van der Waals surface area contributed by atoms with E-state index in [4.69, 9.17) is 0 Å². The molecule has 0 radical (unpaired) electrons. The molecule has 0 unspecified atom stereocenters. The number of carboxylic acids is 1. The first-order valence-corrected chi connectivity index (χ1v) is 8.55. The molecule has 0 aliphatic carbocycles. The number of hydrogen-bond acceptors (Lipinski definition) is 4. The van der Waals surface area contributed by atoms with Gasteiger partial charge in [-0.05, 0) is 48.7 Å². The first-order valence-electron chi connectivity index (χ1n) is 7.07. The summed E-state index contributed by atoms with van der Waals surface area (Å²) in [7, 11) is -4.07. The molecule has 9 heteroatoms. The predicted molar refractivity (Wildman–Crippen MR) is 82.0 cm³/mol. The van der Waals surface area contributed by atoms with Crippen molar-refractivity contribution in [1.29, 1.82) is 0 Å². The number of aryl methyl sites for hydroxylation is 1. The molecule has 2 aromatic rings. The molecule has 0 spiro atoms. The van der Waals surface area contributed by atoms with E-state index < -0.39 is 27.7 Å². The second-order valence-electron chi connectivity index (χ2n) is 5.20. The number of carbonyl (C=O) groups is 1. The third kappa shape index (κ3) is 5.21. The molecule has 0 saturated heterocycles. The minimum Gasteiger partial charge on any atom is -0.550 e. The number of anilines is 1. The van der Waals surface area contributed by atoms with Gasteiger partial charge in [-0.1, -0.05) is 18.2 Å². The Kier molecular flexibility index (Phi) is 5.36. The Labute approximate surface area is 142 Å². The van der Waals surface area contributed by atoms with Crippen LogP contribution in [0.4, 0.5) is 18.9 Å². The van der Waals surface area contributed by atoms with Crippen LogP contribution in [0.15, 0.2) is 53.4 Å². The van der Waals surface area contributed by atoms with E-state index in [-0.39, 0.29) is 23.4 Å². The third-order valence-electron chi connectivity index (χ3n) is 3.29. The minimum atomic E-state index is -4.58. The van der Waals surface area contributed by atoms with Crippen molar-refractivity contribution >= 4 is 21.7 Å². The Bertz CT molecular complexity index is 862. The molecule has 0 aromatic heterocycles. The van der Waals surface area contributed by atoms with Gasteiger partial charge in [0.1, 0.15) is 0 Å². The van der Waals surface area contributed by atoms with Crippen molar-refractivity contribution in [2.24, 2.45) is 0 Å². The van der Waals surface area contributed by atoms with Gasteiger partial charge in [-0.15, -0.1) is 0 Å². The van der Waals surface area contributed by atoms with Crippen molar-refractivity contribution in [3.05, 3.63) is 59.7 Å². The highest BCUT2D eigenvalue weighted by Crippen LogP contribution is 2.31. The number of carboxylic acid groups (broad SMARTS) is 1. The van der Waals surface area contributed by atoms with Gasteiger partial charge in [0.05, 0.1) is 10.5 Å². The van der Waals surface area contributed by atoms with E-state index in [0.29, 0.717) is 11.6 Å². The lowest BCUT2D eigenvalue weighted by molar-refractivity contribution is -0.305. The number of sulfonamides is 1. The number of alkyl halides is 3. The maximum absolute atomic E-state index is 12.7. The standard InChI is InChI=1S/C16H14F3NO4S/c17-16(18,19)12-2-1-3-13(10-12)20-25(23,24)14-7-4-11(5-8-14)6-9-15(21)22/h1-5,7-8,10,20H,6,9H2,(H,21,22)/p-1. The molecule has 2 rings (SSSR count). The molecule has 0 heterocycles. The first kappa shape index (κ1) is 18.8. The van der Waals surface area contributed by atoms with E-state index in [1.165, 1.54) is 30.3 Å². The SMILES string of the molecule is O=C([O-])CCc1ccc(S(=O)(=O)Nc2cccc(C(F)(F)F)c2)cc1. The minimum absolute atomic E-state index is 0.151. The van der Waals surface area contributed by atoms with Gasteiger partial charge in [0, 0.05) is 11.7 Å². The number of benzene rings is 2. The van der Waals surface area contributed by atoms with Crippen LogP contribution in [0, 0.1) is 0 Å². The molecule has 0 saturated carbocycles. The molecule has 5 nitrogen and oxygen atoms in total. The Morgan fingerprint density at radius 1 is 1.08 bits per heavy atom. The fraction of sp³-hybridized carbons (Fsp3) is 0.188. The Morgan fingerprint density at radius 3 is 2.28 bits per heavy atom. The summed E-state index contributed by atoms with van der Waals surface area (Å²) in [6.45, 7) is 0. The second-order valence-corrected chi connectivity index (χ2v) is 6.88. The van der Waals surface area contributed by atoms with E-state index in [9.17, 15) is 31.5 Å². The Hall–Kier alpha value is -2.55. The summed E-state index contributed by atoms with van der Waals surface area (Å²) < 4.78 is 64.6. The Morgan fingerprint density at radius 2 is 1.72 bits per heavy atom. The van der Waals surface area contributed by atoms with Gasteiger partial charge in [0.25, 0.3) is 10.0 Å². The number of hydrogen-bond donors (Lipinski definition) is 1. The van der Waals surface area contributed by atoms with Crippen LogP contribution in [0.2, 0.25) is 0 Å². The van der Waals surface area contributed by atoms with Crippen LogP contribution < -0.4 is 9.83 Å². The van der Waals surface area contributed by atoms with Gasteiger partial charge in [0.2, 0.25) is 0 Å². The number of carbonyl (C=O) groups excluding carboxylic acids is 1. The molecular formula is C16H13F3NO4S-. The van der Waals surface area contributed by atoms with Crippen molar-refractivity contribution in [2.75, 3.05) is 4.72 Å². The second kappa shape index (κ2) is 7.14. The predicted octanol–water partition coefficient (Wildman–Crippen LogP) is 2.19. The molecule has 134 valence electrons. The average molecular weight is 372 g/mol. The number of halogens is 3. The quantitative estimate of drug-likeness (QED) is 0.842. The lowest BCUT2D eigenvalue weighted by Crippen LogP contribution is -2.22. The van der Waals surface area contributed by atoms with Crippen LogP contribution in [0.25, 0.3) is 0 Å². The molecule has 0 aliphatic rings. The van der Waals surface area contributed by atoms with Crippen LogP contribution in [0.5, 0.6) is 0 Å². The average Bonchev–Trinajstić information content (AvgIpc) is 2.52. The number of nitrogens with one attached hydrogen (secondary N) is 1. The summed E-state index contributed by atoms with van der Waals surface area (Å²) >= 11 is 0. The van der Waals surface area contributed by atoms with Crippen LogP contribution >= 0.6 is 0 Å². The van der Waals surface area contributed by atoms with E-state index in [1.807, 2.05) is 0 Å². The monoisotopic (exact) mass is 372 g/mol. The van der Waals surface area contributed by atoms with Crippen molar-refractivity contribution in [3.63, 3.8) is 0 Å². The van der Waals surface area contributed by atoms with Gasteiger partial charge >= 0.3 is 6.18 Å². The fourth-order valence-corrected chi connectivity index (χ4v) is 3.10. The third-order valence-corrected chi connectivity index (χ3v) is 4.69. The molecular weight excluding hydrogens is 359 g/mol. The van der Waals surface area contributed by atoms with Crippen molar-refractivity contribution in [3.8, 4) is 0 Å². The van der Waals surface area contributed by atoms with E-state index >= 15 is 0 Å². The normalized spacial score (nSPS) is 12.0. The molecule has 0 amide bonds. The molecule has 0 aliphatic heterocycles. The molecule has 0 fully saturated rings. The summed E-state index contributed by atoms with van der Waals surface area (Å²) in [6.07, 6.45) is -4.60. The Balaban J connectivity index is 2.18. The van der Waals surface area contributed by atoms with Gasteiger partial charge in [-0.2, -0.15) is 13.2 Å². The van der Waals surface area contributed by atoms with Gasteiger partial charge in [0.15, 0.2) is 0 Å². The summed E-state index contributed by atoms with van der Waals surface area (Å²) in [6, 6.07) is 9.22. The zero-order chi connectivity index (χ0) is 18.7. The smallest absolute Gasteiger partial charge is 0.416 e. The summed E-state index contributed by atoms with van der Waals surface area (Å²) in [5.41, 5.74) is -0.580. The van der Waals surface area contributed by atoms with E-state index in [1.54, 1.807) is 0 Å². The van der Waals surface area contributed by atoms with Crippen molar-refractivity contribution in [2.45, 2.75) is 23.9 Å². The molecule has 2 aromatic carbocycles. The highest BCUT2D eigenvalue weighted by atomic mass is 32.2. The molecule has 1 N–H and O–H groups in total. The lowest BCUT2D eigenvalue weighted by Gasteiger charge is -2.11. The van der Waals surface area contributed by atoms with Crippen LogP contribution in [0.1, 0.15) is 17.5 Å². The van der Waals surface area contributed by atoms with Gasteiger partial charge in [-0.3, -0.25) is 4.72 Å².